The van der Waals surface area contributed by atoms with E-state index in [1.165, 1.54) is 12.8 Å². The average molecular weight is 225 g/mol. The van der Waals surface area contributed by atoms with Gasteiger partial charge in [0, 0.05) is 19.6 Å². The molecule has 0 aromatic rings. The topological polar surface area (TPSA) is 35.6 Å². The summed E-state index contributed by atoms with van der Waals surface area (Å²) in [5.41, 5.74) is 0. The zero-order valence-electron chi connectivity index (χ0n) is 10.2. The average Bonchev–Trinajstić information content (AvgIpc) is 3.06. The van der Waals surface area contributed by atoms with E-state index in [1.807, 2.05) is 4.90 Å². The van der Waals surface area contributed by atoms with E-state index in [0.717, 1.165) is 45.1 Å². The van der Waals surface area contributed by atoms with Gasteiger partial charge in [-0.1, -0.05) is 0 Å². The van der Waals surface area contributed by atoms with Gasteiger partial charge in [-0.3, -0.25) is 4.79 Å². The molecule has 1 aliphatic heterocycles. The number of rotatable bonds is 4. The van der Waals surface area contributed by atoms with E-state index in [2.05, 4.69) is 17.3 Å². The SMILES string of the molecule is CN1CCCN(C(=O)CNCC2CC2)CC1. The van der Waals surface area contributed by atoms with Gasteiger partial charge in [0.05, 0.1) is 6.54 Å². The second-order valence-electron chi connectivity index (χ2n) is 5.11. The van der Waals surface area contributed by atoms with E-state index in [1.54, 1.807) is 0 Å². The number of nitrogens with one attached hydrogen (secondary N) is 1. The minimum absolute atomic E-state index is 0.274. The van der Waals surface area contributed by atoms with Crippen LogP contribution in [0.15, 0.2) is 0 Å². The van der Waals surface area contributed by atoms with Crippen LogP contribution in [-0.4, -0.2) is 62.0 Å². The van der Waals surface area contributed by atoms with E-state index in [4.69, 9.17) is 0 Å². The van der Waals surface area contributed by atoms with Crippen LogP contribution in [0.3, 0.4) is 0 Å². The summed E-state index contributed by atoms with van der Waals surface area (Å²) in [4.78, 5) is 16.2. The van der Waals surface area contributed by atoms with Crippen LogP contribution in [-0.2, 0) is 4.79 Å². The van der Waals surface area contributed by atoms with Crippen molar-refractivity contribution in [3.05, 3.63) is 0 Å². The third-order valence-corrected chi connectivity index (χ3v) is 3.48. The van der Waals surface area contributed by atoms with Crippen LogP contribution in [0.4, 0.5) is 0 Å². The molecule has 1 N–H and O–H groups in total. The lowest BCUT2D eigenvalue weighted by molar-refractivity contribution is -0.130. The van der Waals surface area contributed by atoms with Crippen molar-refractivity contribution in [2.45, 2.75) is 19.3 Å². The maximum absolute atomic E-state index is 11.9. The first kappa shape index (κ1) is 11.9. The third kappa shape index (κ3) is 3.76. The maximum atomic E-state index is 11.9. The van der Waals surface area contributed by atoms with E-state index in [0.29, 0.717) is 6.54 Å². The van der Waals surface area contributed by atoms with Crippen molar-refractivity contribution in [3.63, 3.8) is 0 Å². The molecule has 1 amide bonds. The van der Waals surface area contributed by atoms with Crippen LogP contribution in [0.2, 0.25) is 0 Å². The van der Waals surface area contributed by atoms with Crippen LogP contribution in [0, 0.1) is 5.92 Å². The largest absolute Gasteiger partial charge is 0.340 e. The van der Waals surface area contributed by atoms with Crippen molar-refractivity contribution in [2.24, 2.45) is 5.92 Å². The molecule has 1 aliphatic carbocycles. The van der Waals surface area contributed by atoms with Gasteiger partial charge in [0.1, 0.15) is 0 Å². The Balaban J connectivity index is 1.66. The molecule has 2 aliphatic rings. The van der Waals surface area contributed by atoms with Crippen LogP contribution in [0.5, 0.6) is 0 Å². The molecular weight excluding hydrogens is 202 g/mol. The Morgan fingerprint density at radius 3 is 2.81 bits per heavy atom. The van der Waals surface area contributed by atoms with Gasteiger partial charge in [0.25, 0.3) is 0 Å². The van der Waals surface area contributed by atoms with Crippen molar-refractivity contribution in [3.8, 4) is 0 Å². The van der Waals surface area contributed by atoms with Crippen molar-refractivity contribution in [1.29, 1.82) is 0 Å². The molecule has 2 fully saturated rings. The molecular formula is C12H23N3O. The highest BCUT2D eigenvalue weighted by Crippen LogP contribution is 2.27. The van der Waals surface area contributed by atoms with Crippen molar-refractivity contribution in [1.82, 2.24) is 15.1 Å². The fourth-order valence-electron chi connectivity index (χ4n) is 2.11. The molecule has 1 heterocycles. The molecule has 0 aromatic heterocycles. The Kier molecular flexibility index (Phi) is 4.18. The van der Waals surface area contributed by atoms with Gasteiger partial charge in [-0.2, -0.15) is 0 Å². The van der Waals surface area contributed by atoms with Gasteiger partial charge in [-0.05, 0) is 45.3 Å². The summed E-state index contributed by atoms with van der Waals surface area (Å²) in [6.07, 6.45) is 3.79. The fourth-order valence-corrected chi connectivity index (χ4v) is 2.11. The Labute approximate surface area is 98.0 Å². The molecule has 2 rings (SSSR count). The van der Waals surface area contributed by atoms with Crippen molar-refractivity contribution < 1.29 is 4.79 Å². The first-order chi connectivity index (χ1) is 7.75. The molecule has 1 saturated heterocycles. The molecule has 0 spiro atoms. The number of carbonyl (C=O) groups excluding carboxylic acids is 1. The van der Waals surface area contributed by atoms with E-state index in [9.17, 15) is 4.79 Å². The first-order valence-corrected chi connectivity index (χ1v) is 6.43. The predicted octanol–water partition coefficient (Wildman–Crippen LogP) is 0.150. The van der Waals surface area contributed by atoms with E-state index < -0.39 is 0 Å². The van der Waals surface area contributed by atoms with Crippen LogP contribution < -0.4 is 5.32 Å². The second-order valence-corrected chi connectivity index (χ2v) is 5.11. The highest BCUT2D eigenvalue weighted by atomic mass is 16.2. The highest BCUT2D eigenvalue weighted by molar-refractivity contribution is 5.78. The van der Waals surface area contributed by atoms with Crippen molar-refractivity contribution >= 4 is 5.91 Å². The molecule has 4 nitrogen and oxygen atoms in total. The Morgan fingerprint density at radius 2 is 2.06 bits per heavy atom. The standard InChI is InChI=1S/C12H23N3O/c1-14-5-2-6-15(8-7-14)12(16)10-13-9-11-3-4-11/h11,13H,2-10H2,1H3. The Morgan fingerprint density at radius 1 is 1.25 bits per heavy atom. The quantitative estimate of drug-likeness (QED) is 0.740. The molecule has 92 valence electrons. The summed E-state index contributed by atoms with van der Waals surface area (Å²) in [5.74, 6) is 1.12. The third-order valence-electron chi connectivity index (χ3n) is 3.48. The number of carbonyl (C=O) groups is 1. The lowest BCUT2D eigenvalue weighted by Crippen LogP contribution is -2.40. The van der Waals surface area contributed by atoms with Gasteiger partial charge in [0.2, 0.25) is 5.91 Å². The number of amides is 1. The summed E-state index contributed by atoms with van der Waals surface area (Å²) in [6.45, 7) is 5.49. The number of hydrogen-bond donors (Lipinski definition) is 1. The summed E-state index contributed by atoms with van der Waals surface area (Å²) in [5, 5.41) is 3.27. The predicted molar refractivity (Wildman–Crippen MR) is 64.3 cm³/mol. The number of likely N-dealkylation sites (N-methyl/N-ethyl adjacent to an activating group) is 1. The first-order valence-electron chi connectivity index (χ1n) is 6.43. The number of nitrogens with zero attached hydrogens (tertiary/aromatic N) is 2. The van der Waals surface area contributed by atoms with E-state index >= 15 is 0 Å². The maximum Gasteiger partial charge on any atom is 0.236 e. The van der Waals surface area contributed by atoms with Crippen LogP contribution in [0.25, 0.3) is 0 Å². The molecule has 0 bridgehead atoms. The van der Waals surface area contributed by atoms with Crippen molar-refractivity contribution in [2.75, 3.05) is 46.3 Å². The summed E-state index contributed by atoms with van der Waals surface area (Å²) in [6, 6.07) is 0. The van der Waals surface area contributed by atoms with Crippen LogP contribution in [0.1, 0.15) is 19.3 Å². The normalized spacial score (nSPS) is 23.2. The second kappa shape index (κ2) is 5.64. The van der Waals surface area contributed by atoms with Crippen LogP contribution >= 0.6 is 0 Å². The smallest absolute Gasteiger partial charge is 0.236 e. The zero-order valence-corrected chi connectivity index (χ0v) is 10.2. The summed E-state index contributed by atoms with van der Waals surface area (Å²) < 4.78 is 0. The van der Waals surface area contributed by atoms with Gasteiger partial charge >= 0.3 is 0 Å². The minimum Gasteiger partial charge on any atom is -0.340 e. The molecule has 16 heavy (non-hydrogen) atoms. The van der Waals surface area contributed by atoms with Gasteiger partial charge < -0.3 is 15.1 Å². The Bertz CT molecular complexity index is 240. The molecule has 0 radical (unpaired) electrons. The minimum atomic E-state index is 0.274. The monoisotopic (exact) mass is 225 g/mol. The molecule has 1 saturated carbocycles. The molecule has 0 atom stereocenters. The molecule has 0 unspecified atom stereocenters. The van der Waals surface area contributed by atoms with Gasteiger partial charge in [-0.15, -0.1) is 0 Å². The fraction of sp³-hybridized carbons (Fsp3) is 0.917. The number of hydrogen-bond acceptors (Lipinski definition) is 3. The summed E-state index contributed by atoms with van der Waals surface area (Å²) in [7, 11) is 2.12. The highest BCUT2D eigenvalue weighted by Gasteiger charge is 2.22. The van der Waals surface area contributed by atoms with E-state index in [-0.39, 0.29) is 5.91 Å². The summed E-state index contributed by atoms with van der Waals surface area (Å²) >= 11 is 0. The lowest BCUT2D eigenvalue weighted by Gasteiger charge is -2.20. The van der Waals surface area contributed by atoms with Gasteiger partial charge in [-0.25, -0.2) is 0 Å². The lowest BCUT2D eigenvalue weighted by atomic mass is 10.3. The zero-order chi connectivity index (χ0) is 11.4. The van der Waals surface area contributed by atoms with Gasteiger partial charge in [0.15, 0.2) is 0 Å². The Hall–Kier alpha value is -0.610. The molecule has 4 heteroatoms. The molecule has 0 aromatic carbocycles.